The quantitative estimate of drug-likeness (QED) is 0.657. The molecule has 0 atom stereocenters. The van der Waals surface area contributed by atoms with E-state index in [-0.39, 0.29) is 5.82 Å². The molecule has 1 aromatic heterocycles. The lowest BCUT2D eigenvalue weighted by molar-refractivity contribution is 0.392. The minimum atomic E-state index is -0.231. The van der Waals surface area contributed by atoms with E-state index in [0.717, 1.165) is 35.5 Å². The molecule has 0 unspecified atom stereocenters. The monoisotopic (exact) mass is 304 g/mol. The summed E-state index contributed by atoms with van der Waals surface area (Å²) in [6.45, 7) is 5.17. The molecule has 0 saturated carbocycles. The Morgan fingerprint density at radius 1 is 1.23 bits per heavy atom. The first-order chi connectivity index (χ1) is 10.6. The van der Waals surface area contributed by atoms with Crippen molar-refractivity contribution in [1.29, 1.82) is 0 Å². The Bertz CT molecular complexity index is 615. The maximum absolute atomic E-state index is 12.8. The number of nitrogens with one attached hydrogen (secondary N) is 2. The molecule has 0 bridgehead atoms. The molecular formula is C16H21FN4O. The Kier molecular flexibility index (Phi) is 5.52. The van der Waals surface area contributed by atoms with Crippen molar-refractivity contribution in [3.8, 4) is 0 Å². The van der Waals surface area contributed by atoms with Gasteiger partial charge in [0.2, 0.25) is 0 Å². The largest absolute Gasteiger partial charge is 0.361 e. The Hall–Kier alpha value is -2.37. The van der Waals surface area contributed by atoms with Gasteiger partial charge in [-0.25, -0.2) is 4.39 Å². The van der Waals surface area contributed by atoms with Crippen molar-refractivity contribution in [3.63, 3.8) is 0 Å². The first-order valence-electron chi connectivity index (χ1n) is 7.21. The highest BCUT2D eigenvalue weighted by atomic mass is 19.1. The molecule has 0 aliphatic rings. The highest BCUT2D eigenvalue weighted by Crippen LogP contribution is 2.11. The van der Waals surface area contributed by atoms with E-state index in [1.807, 2.05) is 13.8 Å². The summed E-state index contributed by atoms with van der Waals surface area (Å²) in [7, 11) is 1.72. The Morgan fingerprint density at radius 3 is 2.55 bits per heavy atom. The van der Waals surface area contributed by atoms with Crippen LogP contribution in [0.4, 0.5) is 4.39 Å². The molecule has 0 spiro atoms. The van der Waals surface area contributed by atoms with Gasteiger partial charge < -0.3 is 15.2 Å². The van der Waals surface area contributed by atoms with E-state index < -0.39 is 0 Å². The third kappa shape index (κ3) is 4.31. The Balaban J connectivity index is 1.79. The van der Waals surface area contributed by atoms with Crippen molar-refractivity contribution in [1.82, 2.24) is 15.8 Å². The van der Waals surface area contributed by atoms with Crippen LogP contribution in [0.2, 0.25) is 0 Å². The number of guanidine groups is 1. The van der Waals surface area contributed by atoms with Gasteiger partial charge in [0.05, 0.1) is 5.69 Å². The topological polar surface area (TPSA) is 62.5 Å². The van der Waals surface area contributed by atoms with Crippen LogP contribution in [0.1, 0.15) is 22.6 Å². The van der Waals surface area contributed by atoms with Crippen LogP contribution in [-0.4, -0.2) is 24.7 Å². The van der Waals surface area contributed by atoms with Gasteiger partial charge in [-0.1, -0.05) is 17.3 Å². The van der Waals surface area contributed by atoms with Gasteiger partial charge in [0.15, 0.2) is 5.96 Å². The highest BCUT2D eigenvalue weighted by molar-refractivity contribution is 5.79. The van der Waals surface area contributed by atoms with Crippen LogP contribution >= 0.6 is 0 Å². The number of aliphatic imine (C=N–C) groups is 1. The molecule has 1 aromatic carbocycles. The summed E-state index contributed by atoms with van der Waals surface area (Å²) < 4.78 is 18.0. The molecule has 1 heterocycles. The van der Waals surface area contributed by atoms with Crippen molar-refractivity contribution < 1.29 is 8.91 Å². The van der Waals surface area contributed by atoms with E-state index in [2.05, 4.69) is 20.8 Å². The van der Waals surface area contributed by atoms with Gasteiger partial charge in [-0.3, -0.25) is 4.99 Å². The molecular weight excluding hydrogens is 283 g/mol. The average Bonchev–Trinajstić information content (AvgIpc) is 2.84. The summed E-state index contributed by atoms with van der Waals surface area (Å²) in [5.74, 6) is 1.33. The standard InChI is InChI=1S/C16H21FN4O/c1-11-15(12(2)22-21-11)8-9-19-16(18-3)20-10-13-4-6-14(17)7-5-13/h4-7H,8-10H2,1-3H3,(H2,18,19,20). The van der Waals surface area contributed by atoms with Crippen LogP contribution in [0.15, 0.2) is 33.8 Å². The second kappa shape index (κ2) is 7.59. The Morgan fingerprint density at radius 2 is 1.95 bits per heavy atom. The number of nitrogens with zero attached hydrogens (tertiary/aromatic N) is 2. The molecule has 0 saturated heterocycles. The van der Waals surface area contributed by atoms with E-state index in [9.17, 15) is 4.39 Å². The first kappa shape index (κ1) is 16.0. The highest BCUT2D eigenvalue weighted by Gasteiger charge is 2.08. The lowest BCUT2D eigenvalue weighted by Crippen LogP contribution is -2.37. The predicted molar refractivity (Wildman–Crippen MR) is 84.3 cm³/mol. The zero-order valence-corrected chi connectivity index (χ0v) is 13.1. The van der Waals surface area contributed by atoms with Crippen molar-refractivity contribution in [2.24, 2.45) is 4.99 Å². The van der Waals surface area contributed by atoms with Gasteiger partial charge in [0.1, 0.15) is 11.6 Å². The molecule has 22 heavy (non-hydrogen) atoms. The van der Waals surface area contributed by atoms with Gasteiger partial charge in [-0.05, 0) is 38.0 Å². The fraction of sp³-hybridized carbons (Fsp3) is 0.375. The second-order valence-corrected chi connectivity index (χ2v) is 5.03. The number of benzene rings is 1. The average molecular weight is 304 g/mol. The van der Waals surface area contributed by atoms with Gasteiger partial charge >= 0.3 is 0 Å². The molecule has 2 N–H and O–H groups in total. The number of rotatable bonds is 5. The molecule has 0 fully saturated rings. The van der Waals surface area contributed by atoms with Crippen molar-refractivity contribution in [3.05, 3.63) is 52.7 Å². The number of hydrogen-bond donors (Lipinski definition) is 2. The fourth-order valence-electron chi connectivity index (χ4n) is 2.17. The van der Waals surface area contributed by atoms with E-state index >= 15 is 0 Å². The van der Waals surface area contributed by atoms with Crippen LogP contribution in [-0.2, 0) is 13.0 Å². The third-order valence-electron chi connectivity index (χ3n) is 3.45. The number of aryl methyl sites for hydroxylation is 2. The van der Waals surface area contributed by atoms with Crippen LogP contribution in [0.5, 0.6) is 0 Å². The molecule has 2 aromatic rings. The van der Waals surface area contributed by atoms with Crippen molar-refractivity contribution in [2.45, 2.75) is 26.8 Å². The molecule has 0 amide bonds. The van der Waals surface area contributed by atoms with E-state index in [4.69, 9.17) is 4.52 Å². The predicted octanol–water partition coefficient (Wildman–Crippen LogP) is 2.34. The van der Waals surface area contributed by atoms with E-state index in [1.165, 1.54) is 12.1 Å². The molecule has 118 valence electrons. The van der Waals surface area contributed by atoms with Crippen LogP contribution < -0.4 is 10.6 Å². The number of hydrogen-bond acceptors (Lipinski definition) is 3. The fourth-order valence-corrected chi connectivity index (χ4v) is 2.17. The molecule has 0 radical (unpaired) electrons. The van der Waals surface area contributed by atoms with Gasteiger partial charge in [-0.15, -0.1) is 0 Å². The van der Waals surface area contributed by atoms with E-state index in [1.54, 1.807) is 19.2 Å². The Labute approximate surface area is 129 Å². The molecule has 6 heteroatoms. The van der Waals surface area contributed by atoms with Crippen LogP contribution in [0.3, 0.4) is 0 Å². The van der Waals surface area contributed by atoms with E-state index in [0.29, 0.717) is 12.5 Å². The summed E-state index contributed by atoms with van der Waals surface area (Å²) in [5, 5.41) is 10.4. The summed E-state index contributed by atoms with van der Waals surface area (Å²) in [6, 6.07) is 6.40. The lowest BCUT2D eigenvalue weighted by atomic mass is 10.1. The maximum atomic E-state index is 12.8. The summed E-state index contributed by atoms with van der Waals surface area (Å²) >= 11 is 0. The zero-order valence-electron chi connectivity index (χ0n) is 13.1. The third-order valence-corrected chi connectivity index (χ3v) is 3.45. The summed E-state index contributed by atoms with van der Waals surface area (Å²) in [5.41, 5.74) is 3.05. The second-order valence-electron chi connectivity index (χ2n) is 5.03. The molecule has 2 rings (SSSR count). The molecule has 5 nitrogen and oxygen atoms in total. The van der Waals surface area contributed by atoms with Gasteiger partial charge in [0, 0.05) is 25.7 Å². The molecule has 0 aliphatic carbocycles. The van der Waals surface area contributed by atoms with Gasteiger partial charge in [-0.2, -0.15) is 0 Å². The SMILES string of the molecule is CN=C(NCCc1c(C)noc1C)NCc1ccc(F)cc1. The minimum absolute atomic E-state index is 0.231. The zero-order chi connectivity index (χ0) is 15.9. The van der Waals surface area contributed by atoms with Crippen molar-refractivity contribution in [2.75, 3.05) is 13.6 Å². The maximum Gasteiger partial charge on any atom is 0.191 e. The lowest BCUT2D eigenvalue weighted by Gasteiger charge is -2.11. The number of halogens is 1. The smallest absolute Gasteiger partial charge is 0.191 e. The number of aromatic nitrogens is 1. The minimum Gasteiger partial charge on any atom is -0.361 e. The molecule has 0 aliphatic heterocycles. The van der Waals surface area contributed by atoms with Crippen LogP contribution in [0, 0.1) is 19.7 Å². The van der Waals surface area contributed by atoms with Crippen molar-refractivity contribution >= 4 is 5.96 Å². The first-order valence-corrected chi connectivity index (χ1v) is 7.21. The summed E-state index contributed by atoms with van der Waals surface area (Å²) in [6.07, 6.45) is 0.818. The van der Waals surface area contributed by atoms with Crippen LogP contribution in [0.25, 0.3) is 0 Å². The normalized spacial score (nSPS) is 11.5. The van der Waals surface area contributed by atoms with Gasteiger partial charge in [0.25, 0.3) is 0 Å². The summed E-state index contributed by atoms with van der Waals surface area (Å²) in [4.78, 5) is 4.17.